The van der Waals surface area contributed by atoms with Gasteiger partial charge in [0, 0.05) is 11.1 Å². The van der Waals surface area contributed by atoms with Crippen LogP contribution in [-0.2, 0) is 0 Å². The van der Waals surface area contributed by atoms with Gasteiger partial charge in [-0.2, -0.15) is 0 Å². The van der Waals surface area contributed by atoms with E-state index in [0.29, 0.717) is 11.4 Å². The molecule has 4 aliphatic rings. The molecule has 4 aliphatic carbocycles. The van der Waals surface area contributed by atoms with Crippen molar-refractivity contribution < 1.29 is 4.79 Å². The lowest BCUT2D eigenvalue weighted by molar-refractivity contribution is -0.0167. The Morgan fingerprint density at radius 2 is 1.60 bits per heavy atom. The van der Waals surface area contributed by atoms with Gasteiger partial charge in [0.15, 0.2) is 0 Å². The maximum Gasteiger partial charge on any atom is 0.270 e. The minimum absolute atomic E-state index is 0.0504. The Morgan fingerprint density at radius 1 is 0.933 bits per heavy atom. The van der Waals surface area contributed by atoms with E-state index >= 15 is 0 Å². The summed E-state index contributed by atoms with van der Waals surface area (Å²) < 4.78 is 0. The van der Waals surface area contributed by atoms with Crippen LogP contribution in [0.1, 0.15) is 49.0 Å². The van der Waals surface area contributed by atoms with Gasteiger partial charge in [-0.05, 0) is 73.1 Å². The molecule has 1 amide bonds. The van der Waals surface area contributed by atoms with Gasteiger partial charge in [0.1, 0.15) is 5.69 Å². The molecule has 3 N–H and O–H groups in total. The molecule has 0 saturated heterocycles. The first-order valence-electron chi connectivity index (χ1n) is 11.0. The summed E-state index contributed by atoms with van der Waals surface area (Å²) >= 11 is 0. The quantitative estimate of drug-likeness (QED) is 0.677. The van der Waals surface area contributed by atoms with Gasteiger partial charge in [-0.1, -0.05) is 42.5 Å². The fraction of sp³-hybridized carbons (Fsp3) is 0.400. The molecule has 1 aromatic heterocycles. The number of nitrogen functional groups attached to an aromatic ring is 1. The highest BCUT2D eigenvalue weighted by atomic mass is 16.2. The Balaban J connectivity index is 1.34. The van der Waals surface area contributed by atoms with Crippen molar-refractivity contribution in [2.24, 2.45) is 17.8 Å². The molecule has 1 heterocycles. The Morgan fingerprint density at radius 3 is 2.33 bits per heavy atom. The summed E-state index contributed by atoms with van der Waals surface area (Å²) in [7, 11) is 0. The van der Waals surface area contributed by atoms with Crippen LogP contribution in [0.5, 0.6) is 0 Å². The van der Waals surface area contributed by atoms with E-state index in [9.17, 15) is 4.79 Å². The molecule has 2 aromatic carbocycles. The van der Waals surface area contributed by atoms with Gasteiger partial charge in [-0.3, -0.25) is 4.79 Å². The largest absolute Gasteiger partial charge is 0.368 e. The minimum Gasteiger partial charge on any atom is -0.368 e. The predicted molar refractivity (Wildman–Crippen MR) is 118 cm³/mol. The molecule has 4 fully saturated rings. The SMILES string of the molecule is Nc1nc(C(=O)NC23CC4CC(CC(C4)C2)C3)cc(-c2cccc3ccccc23)n1. The van der Waals surface area contributed by atoms with E-state index < -0.39 is 0 Å². The summed E-state index contributed by atoms with van der Waals surface area (Å²) in [4.78, 5) is 22.0. The molecule has 0 radical (unpaired) electrons. The topological polar surface area (TPSA) is 80.9 Å². The fourth-order valence-corrected chi connectivity index (χ4v) is 6.74. The van der Waals surface area contributed by atoms with Crippen molar-refractivity contribution in [3.05, 3.63) is 54.2 Å². The Kier molecular flexibility index (Phi) is 3.89. The molecular weight excluding hydrogens is 372 g/mol. The number of carbonyl (C=O) groups is 1. The molecular formula is C25H26N4O. The van der Waals surface area contributed by atoms with Gasteiger partial charge in [0.05, 0.1) is 5.69 Å². The summed E-state index contributed by atoms with van der Waals surface area (Å²) in [5.74, 6) is 2.35. The number of fused-ring (bicyclic) bond motifs is 1. The monoisotopic (exact) mass is 398 g/mol. The van der Waals surface area contributed by atoms with Crippen molar-refractivity contribution in [3.8, 4) is 11.3 Å². The summed E-state index contributed by atoms with van der Waals surface area (Å²) in [5.41, 5.74) is 8.00. The van der Waals surface area contributed by atoms with E-state index in [-0.39, 0.29) is 17.4 Å². The second-order valence-electron chi connectivity index (χ2n) is 9.68. The maximum absolute atomic E-state index is 13.3. The van der Waals surface area contributed by atoms with Crippen molar-refractivity contribution >= 4 is 22.6 Å². The van der Waals surface area contributed by atoms with E-state index in [1.54, 1.807) is 6.07 Å². The van der Waals surface area contributed by atoms with Crippen LogP contribution in [-0.4, -0.2) is 21.4 Å². The molecule has 0 aliphatic heterocycles. The van der Waals surface area contributed by atoms with E-state index in [4.69, 9.17) is 5.73 Å². The number of aromatic nitrogens is 2. The van der Waals surface area contributed by atoms with E-state index in [2.05, 4.69) is 33.5 Å². The van der Waals surface area contributed by atoms with Gasteiger partial charge in [-0.25, -0.2) is 9.97 Å². The number of nitrogens with zero attached hydrogens (tertiary/aromatic N) is 2. The van der Waals surface area contributed by atoms with Gasteiger partial charge in [0.25, 0.3) is 5.91 Å². The lowest BCUT2D eigenvalue weighted by Gasteiger charge is -2.56. The molecule has 3 aromatic rings. The zero-order valence-electron chi connectivity index (χ0n) is 17.0. The van der Waals surface area contributed by atoms with Crippen LogP contribution in [0.25, 0.3) is 22.0 Å². The average molecular weight is 399 g/mol. The second-order valence-corrected chi connectivity index (χ2v) is 9.68. The van der Waals surface area contributed by atoms with Crippen LogP contribution in [0, 0.1) is 17.8 Å². The molecule has 0 unspecified atom stereocenters. The third kappa shape index (κ3) is 2.95. The highest BCUT2D eigenvalue weighted by Crippen LogP contribution is 2.55. The van der Waals surface area contributed by atoms with Crippen LogP contribution in [0.2, 0.25) is 0 Å². The van der Waals surface area contributed by atoms with Gasteiger partial charge >= 0.3 is 0 Å². The number of carbonyl (C=O) groups excluding carboxylic acids is 1. The summed E-state index contributed by atoms with van der Waals surface area (Å²) in [6, 6.07) is 16.1. The molecule has 5 heteroatoms. The average Bonchev–Trinajstić information content (AvgIpc) is 2.71. The number of benzene rings is 2. The van der Waals surface area contributed by atoms with E-state index in [1.807, 2.05) is 24.3 Å². The first-order valence-corrected chi connectivity index (χ1v) is 11.0. The molecule has 0 spiro atoms. The molecule has 152 valence electrons. The zero-order valence-corrected chi connectivity index (χ0v) is 17.0. The number of anilines is 1. The zero-order chi connectivity index (χ0) is 20.3. The van der Waals surface area contributed by atoms with Crippen molar-refractivity contribution in [2.75, 3.05) is 5.73 Å². The Bertz CT molecular complexity index is 1110. The second kappa shape index (κ2) is 6.53. The molecule has 4 saturated carbocycles. The number of hydrogen-bond donors (Lipinski definition) is 2. The van der Waals surface area contributed by atoms with Crippen LogP contribution in [0.15, 0.2) is 48.5 Å². The highest BCUT2D eigenvalue weighted by Gasteiger charge is 2.51. The maximum atomic E-state index is 13.3. The molecule has 0 atom stereocenters. The summed E-state index contributed by atoms with van der Waals surface area (Å²) in [6.07, 6.45) is 7.38. The predicted octanol–water partition coefficient (Wildman–Crippen LogP) is 4.58. The molecule has 5 nitrogen and oxygen atoms in total. The van der Waals surface area contributed by atoms with Crippen LogP contribution in [0.3, 0.4) is 0 Å². The number of hydrogen-bond acceptors (Lipinski definition) is 4. The Hall–Kier alpha value is -2.95. The number of nitrogens with one attached hydrogen (secondary N) is 1. The van der Waals surface area contributed by atoms with E-state index in [0.717, 1.165) is 53.4 Å². The molecule has 4 bridgehead atoms. The normalized spacial score (nSPS) is 29.3. The number of amides is 1. The first-order chi connectivity index (χ1) is 14.6. The van der Waals surface area contributed by atoms with Crippen LogP contribution >= 0.6 is 0 Å². The lowest BCUT2D eigenvalue weighted by Crippen LogP contribution is -2.59. The van der Waals surface area contributed by atoms with Gasteiger partial charge in [-0.15, -0.1) is 0 Å². The molecule has 7 rings (SSSR count). The van der Waals surface area contributed by atoms with Crippen LogP contribution in [0.4, 0.5) is 5.95 Å². The third-order valence-electron chi connectivity index (χ3n) is 7.46. The number of rotatable bonds is 3. The van der Waals surface area contributed by atoms with Crippen molar-refractivity contribution in [1.82, 2.24) is 15.3 Å². The third-order valence-corrected chi connectivity index (χ3v) is 7.46. The Labute approximate surface area is 176 Å². The highest BCUT2D eigenvalue weighted by molar-refractivity contribution is 5.98. The van der Waals surface area contributed by atoms with Crippen molar-refractivity contribution in [3.63, 3.8) is 0 Å². The minimum atomic E-state index is -0.118. The van der Waals surface area contributed by atoms with E-state index in [1.165, 1.54) is 19.3 Å². The molecule has 30 heavy (non-hydrogen) atoms. The standard InChI is InChI=1S/C25H26N4O/c26-24-27-21(20-7-3-5-18-4-1-2-6-19(18)20)11-22(28-24)23(30)29-25-12-15-8-16(13-25)10-17(9-15)14-25/h1-7,11,15-17H,8-10,12-14H2,(H,29,30)(H2,26,27,28). The van der Waals surface area contributed by atoms with Crippen molar-refractivity contribution in [2.45, 2.75) is 44.1 Å². The number of nitrogens with two attached hydrogens (primary N) is 1. The van der Waals surface area contributed by atoms with Crippen molar-refractivity contribution in [1.29, 1.82) is 0 Å². The van der Waals surface area contributed by atoms with Gasteiger partial charge in [0.2, 0.25) is 5.95 Å². The summed E-state index contributed by atoms with van der Waals surface area (Å²) in [6.45, 7) is 0. The summed E-state index contributed by atoms with van der Waals surface area (Å²) in [5, 5.41) is 5.62. The van der Waals surface area contributed by atoms with Gasteiger partial charge < -0.3 is 11.1 Å². The fourth-order valence-electron chi connectivity index (χ4n) is 6.74. The smallest absolute Gasteiger partial charge is 0.270 e. The van der Waals surface area contributed by atoms with Crippen LogP contribution < -0.4 is 11.1 Å². The first kappa shape index (κ1) is 17.9. The lowest BCUT2D eigenvalue weighted by atomic mass is 9.53.